The fourth-order valence-corrected chi connectivity index (χ4v) is 1.01. The fourth-order valence-electron chi connectivity index (χ4n) is 0.698. The number of carbonyl (C=O) groups excluding carboxylic acids is 1. The third-order valence-electron chi connectivity index (χ3n) is 1.22. The Morgan fingerprint density at radius 3 is 2.00 bits per heavy atom. The lowest BCUT2D eigenvalue weighted by molar-refractivity contribution is -0.159. The molecular formula is C6H8O10S. The molecule has 0 aliphatic rings. The monoisotopic (exact) mass is 272 g/mol. The number of carboxylic acids is 2. The molecule has 3 N–H and O–H groups in total. The van der Waals surface area contributed by atoms with E-state index in [1.165, 1.54) is 0 Å². The maximum atomic E-state index is 11.0. The van der Waals surface area contributed by atoms with Gasteiger partial charge in [-0.25, -0.2) is 9.59 Å². The highest BCUT2D eigenvalue weighted by molar-refractivity contribution is 7.81. The molecule has 0 aromatic carbocycles. The topological polar surface area (TPSA) is 164 Å². The van der Waals surface area contributed by atoms with Gasteiger partial charge in [-0.1, -0.05) is 0 Å². The Hall–Kier alpha value is -1.72. The highest BCUT2D eigenvalue weighted by Crippen LogP contribution is 2.04. The molecule has 0 fully saturated rings. The standard InChI is InChI=1S/C6H8O10S/c7-4(8)1-3(15-2-5(9)10)6(11)16-17(12,13)14/h3H,1-2H2,(H,7,8)(H,9,10)(H,12,13,14). The van der Waals surface area contributed by atoms with Crippen LogP contribution in [-0.2, 0) is 33.7 Å². The largest absolute Gasteiger partial charge is 0.481 e. The third kappa shape index (κ3) is 8.12. The molecule has 10 nitrogen and oxygen atoms in total. The zero-order valence-electron chi connectivity index (χ0n) is 8.10. The van der Waals surface area contributed by atoms with E-state index in [-0.39, 0.29) is 0 Å². The molecule has 0 bridgehead atoms. The minimum atomic E-state index is -5.11. The van der Waals surface area contributed by atoms with Gasteiger partial charge in [0.1, 0.15) is 6.61 Å². The summed E-state index contributed by atoms with van der Waals surface area (Å²) in [6, 6.07) is 0. The molecule has 98 valence electrons. The van der Waals surface area contributed by atoms with Crippen LogP contribution >= 0.6 is 0 Å². The first-order chi connectivity index (χ1) is 7.61. The number of ether oxygens (including phenoxy) is 1. The normalized spacial score (nSPS) is 12.8. The minimum Gasteiger partial charge on any atom is -0.481 e. The summed E-state index contributed by atoms with van der Waals surface area (Å²) in [6.07, 6.45) is -2.97. The summed E-state index contributed by atoms with van der Waals surface area (Å²) in [7, 11) is -5.11. The number of carboxylic acid groups (broad SMARTS) is 2. The Kier molecular flexibility index (Phi) is 5.50. The predicted octanol–water partition coefficient (Wildman–Crippen LogP) is -1.72. The van der Waals surface area contributed by atoms with E-state index in [2.05, 4.69) is 8.92 Å². The Labute approximate surface area is 94.7 Å². The molecule has 0 aromatic heterocycles. The Morgan fingerprint density at radius 2 is 1.65 bits per heavy atom. The van der Waals surface area contributed by atoms with Crippen LogP contribution in [0.4, 0.5) is 0 Å². The van der Waals surface area contributed by atoms with Gasteiger partial charge in [0.2, 0.25) is 0 Å². The van der Waals surface area contributed by atoms with Crippen LogP contribution in [0.3, 0.4) is 0 Å². The molecule has 0 radical (unpaired) electrons. The van der Waals surface area contributed by atoms with Crippen molar-refractivity contribution in [1.82, 2.24) is 0 Å². The summed E-state index contributed by atoms with van der Waals surface area (Å²) in [4.78, 5) is 31.3. The molecular weight excluding hydrogens is 264 g/mol. The van der Waals surface area contributed by atoms with E-state index in [0.29, 0.717) is 0 Å². The van der Waals surface area contributed by atoms with Crippen molar-refractivity contribution < 1.29 is 46.5 Å². The van der Waals surface area contributed by atoms with Crippen molar-refractivity contribution in [2.45, 2.75) is 12.5 Å². The van der Waals surface area contributed by atoms with Crippen molar-refractivity contribution in [3.63, 3.8) is 0 Å². The van der Waals surface area contributed by atoms with E-state index in [0.717, 1.165) is 0 Å². The van der Waals surface area contributed by atoms with Crippen molar-refractivity contribution in [3.8, 4) is 0 Å². The van der Waals surface area contributed by atoms with Gasteiger partial charge in [-0.15, -0.1) is 0 Å². The Bertz CT molecular complexity index is 409. The first-order valence-electron chi connectivity index (χ1n) is 3.87. The lowest BCUT2D eigenvalue weighted by Gasteiger charge is -2.11. The highest BCUT2D eigenvalue weighted by Gasteiger charge is 2.28. The summed E-state index contributed by atoms with van der Waals surface area (Å²) in [5.74, 6) is -4.77. The predicted molar refractivity (Wildman–Crippen MR) is 47.3 cm³/mol. The van der Waals surface area contributed by atoms with Crippen molar-refractivity contribution in [1.29, 1.82) is 0 Å². The quantitative estimate of drug-likeness (QED) is 0.453. The van der Waals surface area contributed by atoms with Crippen LogP contribution in [0.2, 0.25) is 0 Å². The maximum absolute atomic E-state index is 11.0. The Balaban J connectivity index is 4.61. The van der Waals surface area contributed by atoms with Crippen molar-refractivity contribution >= 4 is 28.3 Å². The van der Waals surface area contributed by atoms with Crippen molar-refractivity contribution in [2.24, 2.45) is 0 Å². The number of rotatable bonds is 7. The Morgan fingerprint density at radius 1 is 1.12 bits per heavy atom. The molecule has 0 amide bonds. The molecule has 0 heterocycles. The van der Waals surface area contributed by atoms with Gasteiger partial charge in [0.25, 0.3) is 0 Å². The van der Waals surface area contributed by atoms with E-state index >= 15 is 0 Å². The van der Waals surface area contributed by atoms with Crippen LogP contribution in [-0.4, -0.2) is 53.8 Å². The zero-order chi connectivity index (χ0) is 13.6. The second-order valence-electron chi connectivity index (χ2n) is 2.62. The number of aliphatic carboxylic acids is 2. The van der Waals surface area contributed by atoms with Gasteiger partial charge in [-0.2, -0.15) is 8.42 Å². The van der Waals surface area contributed by atoms with Gasteiger partial charge in [0.15, 0.2) is 6.10 Å². The first-order valence-corrected chi connectivity index (χ1v) is 5.24. The molecule has 0 aromatic rings. The van der Waals surface area contributed by atoms with E-state index in [4.69, 9.17) is 14.8 Å². The molecule has 1 unspecified atom stereocenters. The third-order valence-corrected chi connectivity index (χ3v) is 1.59. The van der Waals surface area contributed by atoms with Gasteiger partial charge >= 0.3 is 28.3 Å². The number of hydrogen-bond acceptors (Lipinski definition) is 7. The second kappa shape index (κ2) is 6.12. The molecule has 0 saturated heterocycles. The lowest BCUT2D eigenvalue weighted by atomic mass is 10.2. The summed E-state index contributed by atoms with van der Waals surface area (Å²) in [5.41, 5.74) is 0. The van der Waals surface area contributed by atoms with Crippen LogP contribution in [0.1, 0.15) is 6.42 Å². The van der Waals surface area contributed by atoms with Gasteiger partial charge < -0.3 is 19.1 Å². The second-order valence-corrected chi connectivity index (χ2v) is 3.64. The molecule has 17 heavy (non-hydrogen) atoms. The fraction of sp³-hybridized carbons (Fsp3) is 0.500. The minimum absolute atomic E-state index is 1.01. The van der Waals surface area contributed by atoms with Crippen LogP contribution in [0.15, 0.2) is 0 Å². The zero-order valence-corrected chi connectivity index (χ0v) is 8.92. The van der Waals surface area contributed by atoms with Gasteiger partial charge in [-0.3, -0.25) is 9.35 Å². The van der Waals surface area contributed by atoms with Crippen LogP contribution < -0.4 is 0 Å². The molecule has 1 atom stereocenters. The SMILES string of the molecule is O=C(O)COC(CC(=O)O)C(=O)OS(=O)(=O)O. The molecule has 0 aliphatic carbocycles. The maximum Gasteiger partial charge on any atom is 0.449 e. The average Bonchev–Trinajstić information content (AvgIpc) is 2.08. The molecule has 11 heteroatoms. The van der Waals surface area contributed by atoms with E-state index in [1.54, 1.807) is 0 Å². The van der Waals surface area contributed by atoms with Gasteiger partial charge in [0.05, 0.1) is 6.42 Å². The summed E-state index contributed by atoms with van der Waals surface area (Å²) in [6.45, 7) is -1.03. The smallest absolute Gasteiger partial charge is 0.449 e. The highest BCUT2D eigenvalue weighted by atomic mass is 32.3. The lowest BCUT2D eigenvalue weighted by Crippen LogP contribution is -2.32. The summed E-state index contributed by atoms with van der Waals surface area (Å²) in [5, 5.41) is 16.6. The van der Waals surface area contributed by atoms with Crippen LogP contribution in [0.5, 0.6) is 0 Å². The molecule has 0 spiro atoms. The van der Waals surface area contributed by atoms with Crippen molar-refractivity contribution in [3.05, 3.63) is 0 Å². The number of carbonyl (C=O) groups is 3. The van der Waals surface area contributed by atoms with Crippen LogP contribution in [0.25, 0.3) is 0 Å². The molecule has 0 saturated carbocycles. The van der Waals surface area contributed by atoms with E-state index in [1.807, 2.05) is 0 Å². The summed E-state index contributed by atoms with van der Waals surface area (Å²) >= 11 is 0. The van der Waals surface area contributed by atoms with Crippen molar-refractivity contribution in [2.75, 3.05) is 6.61 Å². The summed E-state index contributed by atoms with van der Waals surface area (Å²) < 4.78 is 36.2. The van der Waals surface area contributed by atoms with E-state index < -0.39 is 47.4 Å². The van der Waals surface area contributed by atoms with Gasteiger partial charge in [0, 0.05) is 0 Å². The van der Waals surface area contributed by atoms with E-state index in [9.17, 15) is 22.8 Å². The van der Waals surface area contributed by atoms with Gasteiger partial charge in [-0.05, 0) is 0 Å². The molecule has 0 aliphatic heterocycles. The van der Waals surface area contributed by atoms with Crippen LogP contribution in [0, 0.1) is 0 Å². The average molecular weight is 272 g/mol. The number of hydrogen-bond donors (Lipinski definition) is 3. The first kappa shape index (κ1) is 15.3. The molecule has 0 rings (SSSR count).